The molecule has 1 N–H and O–H groups in total. The van der Waals surface area contributed by atoms with E-state index in [-0.39, 0.29) is 11.9 Å². The molecule has 4 heteroatoms. The number of benzene rings is 2. The summed E-state index contributed by atoms with van der Waals surface area (Å²) < 4.78 is 5.90. The molecular weight excluding hydrogens is 324 g/mol. The Bertz CT molecular complexity index is 921. The number of nitrogens with zero attached hydrogens (tertiary/aromatic N) is 1. The van der Waals surface area contributed by atoms with Crippen LogP contribution in [-0.2, 0) is 6.42 Å². The van der Waals surface area contributed by atoms with Crippen LogP contribution >= 0.6 is 0 Å². The number of carbonyl (C=O) groups is 1. The number of hydrogen-bond donors (Lipinski definition) is 1. The molecule has 0 saturated carbocycles. The molecule has 26 heavy (non-hydrogen) atoms. The third kappa shape index (κ3) is 3.45. The molecule has 2 heterocycles. The molecule has 1 aliphatic heterocycles. The van der Waals surface area contributed by atoms with Gasteiger partial charge in [0.15, 0.2) is 0 Å². The Morgan fingerprint density at radius 3 is 2.65 bits per heavy atom. The SMILES string of the molecule is Cc1ccc(-c2ccc3c(c2)C(=O)NC(Cc2ccccn2)CO3)cc1. The van der Waals surface area contributed by atoms with Crippen molar-refractivity contribution in [3.8, 4) is 16.9 Å². The van der Waals surface area contributed by atoms with Gasteiger partial charge in [-0.3, -0.25) is 9.78 Å². The first kappa shape index (κ1) is 16.3. The summed E-state index contributed by atoms with van der Waals surface area (Å²) in [6.45, 7) is 2.49. The summed E-state index contributed by atoms with van der Waals surface area (Å²) in [6, 6.07) is 19.7. The van der Waals surface area contributed by atoms with E-state index in [0.29, 0.717) is 24.3 Å². The van der Waals surface area contributed by atoms with Crippen molar-refractivity contribution < 1.29 is 9.53 Å². The van der Waals surface area contributed by atoms with Crippen LogP contribution in [0.3, 0.4) is 0 Å². The molecular formula is C22H20N2O2. The lowest BCUT2D eigenvalue weighted by molar-refractivity contribution is 0.0938. The lowest BCUT2D eigenvalue weighted by Crippen LogP contribution is -2.38. The van der Waals surface area contributed by atoms with E-state index in [1.807, 2.05) is 36.4 Å². The van der Waals surface area contributed by atoms with Crippen LogP contribution in [0.25, 0.3) is 11.1 Å². The van der Waals surface area contributed by atoms with Gasteiger partial charge in [0.05, 0.1) is 11.6 Å². The van der Waals surface area contributed by atoms with Crippen molar-refractivity contribution in [3.63, 3.8) is 0 Å². The van der Waals surface area contributed by atoms with Gasteiger partial charge in [-0.1, -0.05) is 42.0 Å². The molecule has 1 aliphatic rings. The molecule has 4 rings (SSSR count). The number of fused-ring (bicyclic) bond motifs is 1. The number of pyridine rings is 1. The van der Waals surface area contributed by atoms with E-state index in [1.165, 1.54) is 5.56 Å². The zero-order valence-corrected chi connectivity index (χ0v) is 14.6. The fourth-order valence-corrected chi connectivity index (χ4v) is 3.14. The van der Waals surface area contributed by atoms with Crippen molar-refractivity contribution in [3.05, 3.63) is 83.7 Å². The van der Waals surface area contributed by atoms with Gasteiger partial charge in [0.25, 0.3) is 5.91 Å². The molecule has 130 valence electrons. The molecule has 1 amide bonds. The zero-order chi connectivity index (χ0) is 17.9. The van der Waals surface area contributed by atoms with Crippen LogP contribution in [0.15, 0.2) is 66.9 Å². The molecule has 1 unspecified atom stereocenters. The Morgan fingerprint density at radius 1 is 1.08 bits per heavy atom. The maximum absolute atomic E-state index is 12.7. The molecule has 1 atom stereocenters. The molecule has 0 radical (unpaired) electrons. The average molecular weight is 344 g/mol. The number of aromatic nitrogens is 1. The van der Waals surface area contributed by atoms with Gasteiger partial charge in [-0.15, -0.1) is 0 Å². The number of nitrogens with one attached hydrogen (secondary N) is 1. The molecule has 0 saturated heterocycles. The first-order chi connectivity index (χ1) is 12.7. The number of amides is 1. The maximum atomic E-state index is 12.7. The lowest BCUT2D eigenvalue weighted by atomic mass is 10.0. The highest BCUT2D eigenvalue weighted by Gasteiger charge is 2.23. The summed E-state index contributed by atoms with van der Waals surface area (Å²) in [7, 11) is 0. The van der Waals surface area contributed by atoms with Crippen molar-refractivity contribution in [1.82, 2.24) is 10.3 Å². The summed E-state index contributed by atoms with van der Waals surface area (Å²) in [5.74, 6) is 0.522. The molecule has 3 aromatic rings. The number of rotatable bonds is 3. The van der Waals surface area contributed by atoms with Gasteiger partial charge in [0.2, 0.25) is 0 Å². The van der Waals surface area contributed by atoms with Gasteiger partial charge in [-0.2, -0.15) is 0 Å². The van der Waals surface area contributed by atoms with Gasteiger partial charge in [0.1, 0.15) is 12.4 Å². The molecule has 0 spiro atoms. The minimum atomic E-state index is -0.104. The Hall–Kier alpha value is -3.14. The van der Waals surface area contributed by atoms with Crippen LogP contribution in [0.2, 0.25) is 0 Å². The predicted octanol–water partition coefficient (Wildman–Crippen LogP) is 3.79. The highest BCUT2D eigenvalue weighted by atomic mass is 16.5. The van der Waals surface area contributed by atoms with Crippen molar-refractivity contribution in [2.45, 2.75) is 19.4 Å². The smallest absolute Gasteiger partial charge is 0.255 e. The minimum absolute atomic E-state index is 0.104. The van der Waals surface area contributed by atoms with Crippen molar-refractivity contribution in [2.24, 2.45) is 0 Å². The Kier molecular flexibility index (Phi) is 4.40. The van der Waals surface area contributed by atoms with Crippen LogP contribution in [0.4, 0.5) is 0 Å². The number of ether oxygens (including phenoxy) is 1. The van der Waals surface area contributed by atoms with E-state index in [2.05, 4.69) is 41.5 Å². The van der Waals surface area contributed by atoms with Gasteiger partial charge < -0.3 is 10.1 Å². The average Bonchev–Trinajstić information content (AvgIpc) is 2.82. The lowest BCUT2D eigenvalue weighted by Gasteiger charge is -2.14. The summed E-state index contributed by atoms with van der Waals surface area (Å²) >= 11 is 0. The summed E-state index contributed by atoms with van der Waals surface area (Å²) in [6.07, 6.45) is 2.41. The molecule has 0 aliphatic carbocycles. The van der Waals surface area contributed by atoms with Gasteiger partial charge in [-0.05, 0) is 42.3 Å². The summed E-state index contributed by atoms with van der Waals surface area (Å²) in [4.78, 5) is 17.1. The zero-order valence-electron chi connectivity index (χ0n) is 14.6. The largest absolute Gasteiger partial charge is 0.491 e. The van der Waals surface area contributed by atoms with Crippen molar-refractivity contribution in [2.75, 3.05) is 6.61 Å². The molecule has 4 nitrogen and oxygen atoms in total. The van der Waals surface area contributed by atoms with Crippen molar-refractivity contribution in [1.29, 1.82) is 0 Å². The predicted molar refractivity (Wildman–Crippen MR) is 101 cm³/mol. The number of aryl methyl sites for hydroxylation is 1. The van der Waals surface area contributed by atoms with Crippen LogP contribution in [-0.4, -0.2) is 23.5 Å². The van der Waals surface area contributed by atoms with Gasteiger partial charge >= 0.3 is 0 Å². The third-order valence-electron chi connectivity index (χ3n) is 4.57. The second-order valence-corrected chi connectivity index (χ2v) is 6.58. The van der Waals surface area contributed by atoms with E-state index < -0.39 is 0 Å². The highest BCUT2D eigenvalue weighted by molar-refractivity contribution is 5.98. The van der Waals surface area contributed by atoms with E-state index >= 15 is 0 Å². The van der Waals surface area contributed by atoms with Crippen molar-refractivity contribution >= 4 is 5.91 Å². The van der Waals surface area contributed by atoms with E-state index in [0.717, 1.165) is 16.8 Å². The van der Waals surface area contributed by atoms with Crippen LogP contribution < -0.4 is 10.1 Å². The summed E-state index contributed by atoms with van der Waals surface area (Å²) in [5, 5.41) is 3.07. The summed E-state index contributed by atoms with van der Waals surface area (Å²) in [5.41, 5.74) is 4.81. The Labute approximate surface area is 152 Å². The molecule has 0 fully saturated rings. The molecule has 1 aromatic heterocycles. The normalized spacial score (nSPS) is 16.2. The molecule has 0 bridgehead atoms. The molecule has 2 aromatic carbocycles. The Morgan fingerprint density at radius 2 is 1.88 bits per heavy atom. The van der Waals surface area contributed by atoms with Crippen LogP contribution in [0, 0.1) is 6.92 Å². The minimum Gasteiger partial charge on any atom is -0.491 e. The fraction of sp³-hybridized carbons (Fsp3) is 0.182. The van der Waals surface area contributed by atoms with Crippen LogP contribution in [0.1, 0.15) is 21.6 Å². The van der Waals surface area contributed by atoms with E-state index in [1.54, 1.807) is 6.20 Å². The quantitative estimate of drug-likeness (QED) is 0.786. The van der Waals surface area contributed by atoms with Gasteiger partial charge in [-0.25, -0.2) is 0 Å². The first-order valence-electron chi connectivity index (χ1n) is 8.74. The topological polar surface area (TPSA) is 51.2 Å². The standard InChI is InChI=1S/C22H20N2O2/c1-15-5-7-16(8-6-15)17-9-10-21-20(12-17)22(25)24-19(14-26-21)13-18-4-2-3-11-23-18/h2-12,19H,13-14H2,1H3,(H,24,25). The first-order valence-corrected chi connectivity index (χ1v) is 8.74. The van der Waals surface area contributed by atoms with E-state index in [9.17, 15) is 4.79 Å². The fourth-order valence-electron chi connectivity index (χ4n) is 3.14. The second-order valence-electron chi connectivity index (χ2n) is 6.58. The highest BCUT2D eigenvalue weighted by Crippen LogP contribution is 2.28. The monoisotopic (exact) mass is 344 g/mol. The number of carbonyl (C=O) groups excluding carboxylic acids is 1. The third-order valence-corrected chi connectivity index (χ3v) is 4.57. The van der Waals surface area contributed by atoms with E-state index in [4.69, 9.17) is 4.74 Å². The second kappa shape index (κ2) is 7.00. The Balaban J connectivity index is 1.57. The van der Waals surface area contributed by atoms with Crippen LogP contribution in [0.5, 0.6) is 5.75 Å². The number of hydrogen-bond acceptors (Lipinski definition) is 3. The van der Waals surface area contributed by atoms with Gasteiger partial charge in [0, 0.05) is 18.3 Å². The maximum Gasteiger partial charge on any atom is 0.255 e.